The molecule has 0 aliphatic carbocycles. The maximum atomic E-state index is 9.42. The zero-order valence-electron chi connectivity index (χ0n) is 6.67. The van der Waals surface area contributed by atoms with Crippen molar-refractivity contribution in [3.05, 3.63) is 32.7 Å². The maximum Gasteiger partial charge on any atom is 0.143 e. The Labute approximate surface area is 99.5 Å². The summed E-state index contributed by atoms with van der Waals surface area (Å²) in [7, 11) is 0. The van der Waals surface area contributed by atoms with Crippen LogP contribution in [0.4, 0.5) is 0 Å². The molecular formula is C9H8Br2OS. The number of aromatic hydroxyl groups is 1. The molecule has 0 fully saturated rings. The molecule has 0 atom stereocenters. The van der Waals surface area contributed by atoms with Crippen LogP contribution in [0.3, 0.4) is 0 Å². The average Bonchev–Trinajstić information content (AvgIpc) is 2.10. The van der Waals surface area contributed by atoms with Gasteiger partial charge in [-0.3, -0.25) is 0 Å². The molecule has 1 aromatic carbocycles. The summed E-state index contributed by atoms with van der Waals surface area (Å²) in [5, 5.41) is 9.42. The number of hydrogen-bond donors (Lipinski definition) is 2. The third kappa shape index (κ3) is 3.04. The van der Waals surface area contributed by atoms with Crippen molar-refractivity contribution in [3.63, 3.8) is 0 Å². The first-order valence-corrected chi connectivity index (χ1v) is 5.82. The van der Waals surface area contributed by atoms with Crippen LogP contribution in [0.1, 0.15) is 5.56 Å². The standard InChI is InChI=1S/C9H8Br2OS/c10-7-4-6(2-1-3-13)5-8(11)9(7)12/h1-2,4-5,12-13H,3H2. The van der Waals surface area contributed by atoms with Gasteiger partial charge in [-0.05, 0) is 49.6 Å². The first-order chi connectivity index (χ1) is 6.15. The summed E-state index contributed by atoms with van der Waals surface area (Å²) >= 11 is 10.6. The summed E-state index contributed by atoms with van der Waals surface area (Å²) in [5.41, 5.74) is 1.02. The Morgan fingerprint density at radius 3 is 2.31 bits per heavy atom. The lowest BCUT2D eigenvalue weighted by molar-refractivity contribution is 0.468. The van der Waals surface area contributed by atoms with Crippen LogP contribution in [0, 0.1) is 0 Å². The first kappa shape index (κ1) is 11.1. The SMILES string of the molecule is Oc1c(Br)cc(C=CCS)cc1Br. The lowest BCUT2D eigenvalue weighted by Crippen LogP contribution is -1.77. The third-order valence-electron chi connectivity index (χ3n) is 1.45. The molecule has 1 nitrogen and oxygen atoms in total. The second kappa shape index (κ2) is 5.08. The molecule has 0 aliphatic heterocycles. The summed E-state index contributed by atoms with van der Waals surface area (Å²) in [6, 6.07) is 3.69. The quantitative estimate of drug-likeness (QED) is 0.792. The van der Waals surface area contributed by atoms with Crippen LogP contribution in [-0.4, -0.2) is 10.9 Å². The fourth-order valence-corrected chi connectivity index (χ4v) is 2.20. The van der Waals surface area contributed by atoms with Crippen LogP contribution >= 0.6 is 44.5 Å². The van der Waals surface area contributed by atoms with Gasteiger partial charge in [0.05, 0.1) is 8.95 Å². The average molecular weight is 324 g/mol. The molecule has 0 bridgehead atoms. The highest BCUT2D eigenvalue weighted by atomic mass is 79.9. The Morgan fingerprint density at radius 1 is 1.31 bits per heavy atom. The highest BCUT2D eigenvalue weighted by Gasteiger charge is 2.03. The minimum absolute atomic E-state index is 0.225. The Bertz CT molecular complexity index is 313. The first-order valence-electron chi connectivity index (χ1n) is 3.60. The third-order valence-corrected chi connectivity index (χ3v) is 2.87. The highest BCUT2D eigenvalue weighted by Crippen LogP contribution is 2.33. The second-order valence-electron chi connectivity index (χ2n) is 2.42. The zero-order chi connectivity index (χ0) is 9.84. The summed E-state index contributed by atoms with van der Waals surface area (Å²) in [5.74, 6) is 0.930. The fourth-order valence-electron chi connectivity index (χ4n) is 0.870. The molecule has 0 saturated carbocycles. The minimum Gasteiger partial charge on any atom is -0.506 e. The molecule has 0 heterocycles. The monoisotopic (exact) mass is 322 g/mol. The van der Waals surface area contributed by atoms with Crippen molar-refractivity contribution in [1.82, 2.24) is 0 Å². The summed E-state index contributed by atoms with van der Waals surface area (Å²) in [4.78, 5) is 0. The summed E-state index contributed by atoms with van der Waals surface area (Å²) in [6.07, 6.45) is 3.89. The molecule has 1 N–H and O–H groups in total. The van der Waals surface area contributed by atoms with Crippen molar-refractivity contribution < 1.29 is 5.11 Å². The van der Waals surface area contributed by atoms with Crippen LogP contribution in [0.25, 0.3) is 6.08 Å². The molecule has 70 valence electrons. The van der Waals surface area contributed by atoms with Gasteiger partial charge < -0.3 is 5.11 Å². The van der Waals surface area contributed by atoms with Gasteiger partial charge in [0.15, 0.2) is 0 Å². The van der Waals surface area contributed by atoms with E-state index in [1.807, 2.05) is 24.3 Å². The normalized spacial score (nSPS) is 11.0. The predicted molar refractivity (Wildman–Crippen MR) is 66.4 cm³/mol. The number of benzene rings is 1. The van der Waals surface area contributed by atoms with Gasteiger partial charge >= 0.3 is 0 Å². The van der Waals surface area contributed by atoms with Crippen molar-refractivity contribution >= 4 is 50.6 Å². The fraction of sp³-hybridized carbons (Fsp3) is 0.111. The Hall–Kier alpha value is 0.0700. The Balaban J connectivity index is 3.06. The second-order valence-corrected chi connectivity index (χ2v) is 4.49. The molecule has 0 saturated heterocycles. The number of rotatable bonds is 2. The Kier molecular flexibility index (Phi) is 4.35. The van der Waals surface area contributed by atoms with Gasteiger partial charge in [0.1, 0.15) is 5.75 Å². The van der Waals surface area contributed by atoms with Crippen molar-refractivity contribution in [3.8, 4) is 5.75 Å². The lowest BCUT2D eigenvalue weighted by Gasteiger charge is -2.01. The van der Waals surface area contributed by atoms with Crippen molar-refractivity contribution in [2.24, 2.45) is 0 Å². The van der Waals surface area contributed by atoms with Crippen molar-refractivity contribution in [2.75, 3.05) is 5.75 Å². The maximum absolute atomic E-state index is 9.42. The molecule has 0 spiro atoms. The summed E-state index contributed by atoms with van der Waals surface area (Å²) < 4.78 is 1.36. The molecule has 0 unspecified atom stereocenters. The van der Waals surface area contributed by atoms with Gasteiger partial charge in [0, 0.05) is 5.75 Å². The number of thiol groups is 1. The largest absolute Gasteiger partial charge is 0.506 e. The van der Waals surface area contributed by atoms with Gasteiger partial charge in [-0.25, -0.2) is 0 Å². The lowest BCUT2D eigenvalue weighted by atomic mass is 10.2. The molecule has 4 heteroatoms. The number of halogens is 2. The van der Waals surface area contributed by atoms with Gasteiger partial charge in [-0.15, -0.1) is 0 Å². The van der Waals surface area contributed by atoms with Crippen LogP contribution in [0.2, 0.25) is 0 Å². The molecule has 0 amide bonds. The zero-order valence-corrected chi connectivity index (χ0v) is 10.7. The minimum atomic E-state index is 0.225. The van der Waals surface area contributed by atoms with E-state index in [0.29, 0.717) is 14.7 Å². The van der Waals surface area contributed by atoms with E-state index in [9.17, 15) is 5.11 Å². The van der Waals surface area contributed by atoms with Gasteiger partial charge in [0.25, 0.3) is 0 Å². The smallest absolute Gasteiger partial charge is 0.143 e. The summed E-state index contributed by atoms with van der Waals surface area (Å²) in [6.45, 7) is 0. The molecule has 1 aromatic rings. The molecular weight excluding hydrogens is 316 g/mol. The van der Waals surface area contributed by atoms with Crippen molar-refractivity contribution in [2.45, 2.75) is 0 Å². The van der Waals surface area contributed by atoms with Crippen LogP contribution in [0.15, 0.2) is 27.2 Å². The van der Waals surface area contributed by atoms with E-state index in [0.717, 1.165) is 5.56 Å². The Morgan fingerprint density at radius 2 is 1.85 bits per heavy atom. The van der Waals surface area contributed by atoms with E-state index in [1.165, 1.54) is 0 Å². The van der Waals surface area contributed by atoms with Crippen LogP contribution in [0.5, 0.6) is 5.75 Å². The van der Waals surface area contributed by atoms with Crippen LogP contribution < -0.4 is 0 Å². The van der Waals surface area contributed by atoms with Gasteiger partial charge in [-0.1, -0.05) is 12.2 Å². The highest BCUT2D eigenvalue weighted by molar-refractivity contribution is 9.11. The molecule has 1 rings (SSSR count). The van der Waals surface area contributed by atoms with Crippen LogP contribution in [-0.2, 0) is 0 Å². The van der Waals surface area contributed by atoms with Gasteiger partial charge in [0.2, 0.25) is 0 Å². The van der Waals surface area contributed by atoms with Gasteiger partial charge in [-0.2, -0.15) is 12.6 Å². The molecule has 13 heavy (non-hydrogen) atoms. The number of phenolic OH excluding ortho intramolecular Hbond substituents is 1. The van der Waals surface area contributed by atoms with Crippen molar-refractivity contribution in [1.29, 1.82) is 0 Å². The number of hydrogen-bond acceptors (Lipinski definition) is 2. The molecule has 0 aliphatic rings. The van der Waals surface area contributed by atoms with E-state index in [-0.39, 0.29) is 5.75 Å². The van der Waals surface area contributed by atoms with E-state index in [2.05, 4.69) is 44.5 Å². The van der Waals surface area contributed by atoms with E-state index < -0.39 is 0 Å². The van der Waals surface area contributed by atoms with E-state index in [4.69, 9.17) is 0 Å². The predicted octanol–water partition coefficient (Wildman–Crippen LogP) is 3.86. The molecule has 0 radical (unpaired) electrons. The number of phenols is 1. The topological polar surface area (TPSA) is 20.2 Å². The van der Waals surface area contributed by atoms with E-state index in [1.54, 1.807) is 0 Å². The van der Waals surface area contributed by atoms with E-state index >= 15 is 0 Å². The molecule has 0 aromatic heterocycles.